The second-order valence-electron chi connectivity index (χ2n) is 4.81. The molecule has 17 heavy (non-hydrogen) atoms. The van der Waals surface area contributed by atoms with Gasteiger partial charge in [0.05, 0.1) is 12.7 Å². The van der Waals surface area contributed by atoms with E-state index in [2.05, 4.69) is 17.4 Å². The lowest BCUT2D eigenvalue weighted by molar-refractivity contribution is -0.0668. The predicted octanol–water partition coefficient (Wildman–Crippen LogP) is 2.24. The fourth-order valence-electron chi connectivity index (χ4n) is 2.61. The van der Waals surface area contributed by atoms with Gasteiger partial charge in [-0.1, -0.05) is 36.8 Å². The van der Waals surface area contributed by atoms with Crippen molar-refractivity contribution in [3.63, 3.8) is 0 Å². The minimum atomic E-state index is -0.176. The number of ether oxygens (including phenoxy) is 2. The van der Waals surface area contributed by atoms with Gasteiger partial charge in [0.1, 0.15) is 0 Å². The normalized spacial score (nSPS) is 33.8. The van der Waals surface area contributed by atoms with Crippen LogP contribution in [-0.4, -0.2) is 25.3 Å². The van der Waals surface area contributed by atoms with Gasteiger partial charge in [-0.15, -0.1) is 0 Å². The van der Waals surface area contributed by atoms with Crippen LogP contribution in [0.2, 0.25) is 0 Å². The van der Waals surface area contributed by atoms with Crippen molar-refractivity contribution in [1.29, 1.82) is 0 Å². The number of hydrogen-bond acceptors (Lipinski definition) is 3. The number of piperidine rings is 1. The van der Waals surface area contributed by atoms with Crippen LogP contribution in [-0.2, 0) is 9.47 Å². The van der Waals surface area contributed by atoms with Crippen molar-refractivity contribution in [1.82, 2.24) is 5.32 Å². The van der Waals surface area contributed by atoms with E-state index < -0.39 is 0 Å². The predicted molar refractivity (Wildman–Crippen MR) is 65.6 cm³/mol. The molecule has 1 aromatic carbocycles. The molecule has 0 saturated carbocycles. The lowest BCUT2D eigenvalue weighted by Crippen LogP contribution is -2.44. The van der Waals surface area contributed by atoms with Crippen molar-refractivity contribution >= 4 is 0 Å². The lowest BCUT2D eigenvalue weighted by Gasteiger charge is -2.27. The molecule has 2 fully saturated rings. The zero-order valence-corrected chi connectivity index (χ0v) is 9.97. The first-order chi connectivity index (χ1) is 8.43. The fraction of sp³-hybridized carbons (Fsp3) is 0.571. The molecule has 0 bridgehead atoms. The first-order valence-electron chi connectivity index (χ1n) is 6.49. The highest BCUT2D eigenvalue weighted by atomic mass is 16.7. The van der Waals surface area contributed by atoms with Crippen LogP contribution in [0.3, 0.4) is 0 Å². The average Bonchev–Trinajstić information content (AvgIpc) is 2.90. The third-order valence-corrected chi connectivity index (χ3v) is 3.58. The molecular formula is C14H19NO2. The van der Waals surface area contributed by atoms with Crippen molar-refractivity contribution < 1.29 is 9.47 Å². The highest BCUT2D eigenvalue weighted by Crippen LogP contribution is 2.29. The molecule has 3 nitrogen and oxygen atoms in total. The molecule has 2 heterocycles. The third kappa shape index (κ3) is 2.51. The smallest absolute Gasteiger partial charge is 0.184 e. The Labute approximate surface area is 102 Å². The molecule has 0 aromatic heterocycles. The van der Waals surface area contributed by atoms with Gasteiger partial charge < -0.3 is 14.8 Å². The van der Waals surface area contributed by atoms with E-state index in [0.29, 0.717) is 12.6 Å². The maximum Gasteiger partial charge on any atom is 0.184 e. The minimum absolute atomic E-state index is 0.176. The highest BCUT2D eigenvalue weighted by molar-refractivity contribution is 5.16. The van der Waals surface area contributed by atoms with E-state index in [9.17, 15) is 0 Å². The van der Waals surface area contributed by atoms with Gasteiger partial charge in [0.15, 0.2) is 6.29 Å². The number of rotatable bonds is 2. The largest absolute Gasteiger partial charge is 0.346 e. The van der Waals surface area contributed by atoms with Crippen molar-refractivity contribution in [3.8, 4) is 0 Å². The topological polar surface area (TPSA) is 30.5 Å². The Bertz CT molecular complexity index is 348. The molecule has 0 aliphatic carbocycles. The van der Waals surface area contributed by atoms with Gasteiger partial charge in [0.25, 0.3) is 0 Å². The third-order valence-electron chi connectivity index (χ3n) is 3.58. The molecule has 0 radical (unpaired) electrons. The summed E-state index contributed by atoms with van der Waals surface area (Å²) in [5, 5.41) is 3.53. The quantitative estimate of drug-likeness (QED) is 0.849. The molecule has 0 unspecified atom stereocenters. The van der Waals surface area contributed by atoms with Crippen LogP contribution in [0, 0.1) is 0 Å². The maximum absolute atomic E-state index is 6.00. The number of nitrogens with one attached hydrogen (secondary N) is 1. The van der Waals surface area contributed by atoms with Gasteiger partial charge >= 0.3 is 0 Å². The average molecular weight is 233 g/mol. The molecule has 0 spiro atoms. The van der Waals surface area contributed by atoms with Crippen LogP contribution >= 0.6 is 0 Å². The fourth-order valence-corrected chi connectivity index (χ4v) is 2.61. The minimum Gasteiger partial charge on any atom is -0.346 e. The van der Waals surface area contributed by atoms with Crippen LogP contribution in [0.25, 0.3) is 0 Å². The summed E-state index contributed by atoms with van der Waals surface area (Å²) < 4.78 is 11.7. The number of benzene rings is 1. The Morgan fingerprint density at radius 2 is 2.00 bits per heavy atom. The summed E-state index contributed by atoms with van der Waals surface area (Å²) in [7, 11) is 0. The summed E-state index contributed by atoms with van der Waals surface area (Å²) in [6, 6.07) is 10.6. The summed E-state index contributed by atoms with van der Waals surface area (Å²) in [6.07, 6.45) is 3.82. The van der Waals surface area contributed by atoms with Crippen LogP contribution < -0.4 is 5.32 Å². The molecule has 2 aliphatic rings. The summed E-state index contributed by atoms with van der Waals surface area (Å²) >= 11 is 0. The monoisotopic (exact) mass is 233 g/mol. The van der Waals surface area contributed by atoms with E-state index >= 15 is 0 Å². The molecule has 0 amide bonds. The summed E-state index contributed by atoms with van der Waals surface area (Å²) in [5.74, 6) is 0. The molecule has 3 heteroatoms. The molecule has 2 aliphatic heterocycles. The van der Waals surface area contributed by atoms with E-state index in [-0.39, 0.29) is 12.4 Å². The van der Waals surface area contributed by atoms with Gasteiger partial charge in [-0.2, -0.15) is 0 Å². The van der Waals surface area contributed by atoms with Crippen molar-refractivity contribution in [2.75, 3.05) is 13.2 Å². The Balaban J connectivity index is 1.61. The second kappa shape index (κ2) is 5.17. The summed E-state index contributed by atoms with van der Waals surface area (Å²) in [4.78, 5) is 0. The summed E-state index contributed by atoms with van der Waals surface area (Å²) in [6.45, 7) is 1.82. The molecule has 3 rings (SSSR count). The summed E-state index contributed by atoms with van der Waals surface area (Å²) in [5.41, 5.74) is 1.12. The van der Waals surface area contributed by atoms with Crippen molar-refractivity contribution in [3.05, 3.63) is 35.9 Å². The molecule has 92 valence electrons. The van der Waals surface area contributed by atoms with Gasteiger partial charge in [-0.3, -0.25) is 0 Å². The maximum atomic E-state index is 6.00. The Morgan fingerprint density at radius 1 is 1.12 bits per heavy atom. The van der Waals surface area contributed by atoms with Crippen LogP contribution in [0.4, 0.5) is 0 Å². The Hall–Kier alpha value is -0.900. The molecule has 1 aromatic rings. The second-order valence-corrected chi connectivity index (χ2v) is 4.81. The van der Waals surface area contributed by atoms with E-state index in [4.69, 9.17) is 9.47 Å². The zero-order valence-electron chi connectivity index (χ0n) is 9.97. The Morgan fingerprint density at radius 3 is 2.76 bits per heavy atom. The van der Waals surface area contributed by atoms with Crippen LogP contribution in [0.1, 0.15) is 31.1 Å². The van der Waals surface area contributed by atoms with E-state index in [1.807, 2.05) is 18.2 Å². The van der Waals surface area contributed by atoms with Gasteiger partial charge in [-0.25, -0.2) is 0 Å². The van der Waals surface area contributed by atoms with E-state index in [1.165, 1.54) is 19.3 Å². The molecule has 3 atom stereocenters. The first kappa shape index (κ1) is 11.2. The molecular weight excluding hydrogens is 214 g/mol. The zero-order chi connectivity index (χ0) is 11.5. The van der Waals surface area contributed by atoms with Crippen LogP contribution in [0.5, 0.6) is 0 Å². The van der Waals surface area contributed by atoms with Gasteiger partial charge in [-0.05, 0) is 19.4 Å². The lowest BCUT2D eigenvalue weighted by atomic mass is 10.0. The molecule has 1 N–H and O–H groups in total. The van der Waals surface area contributed by atoms with Crippen molar-refractivity contribution in [2.24, 2.45) is 0 Å². The number of hydrogen-bond donors (Lipinski definition) is 1. The van der Waals surface area contributed by atoms with E-state index in [0.717, 1.165) is 12.1 Å². The van der Waals surface area contributed by atoms with Gasteiger partial charge in [0, 0.05) is 11.6 Å². The van der Waals surface area contributed by atoms with Crippen LogP contribution in [0.15, 0.2) is 30.3 Å². The molecule has 2 saturated heterocycles. The van der Waals surface area contributed by atoms with Crippen molar-refractivity contribution in [2.45, 2.75) is 37.7 Å². The van der Waals surface area contributed by atoms with Gasteiger partial charge in [0.2, 0.25) is 0 Å². The van der Waals surface area contributed by atoms with E-state index in [1.54, 1.807) is 0 Å². The highest BCUT2D eigenvalue weighted by Gasteiger charge is 2.33. The SMILES string of the molecule is c1ccc([C@H]2OC[C@@H]([C@H]3CCCCN3)O2)cc1. The first-order valence-corrected chi connectivity index (χ1v) is 6.49. The Kier molecular flexibility index (Phi) is 3.41. The standard InChI is InChI=1S/C14H19NO2/c1-2-6-11(7-3-1)14-16-10-13(17-14)12-8-4-5-9-15-12/h1-3,6-7,12-15H,4-5,8-10H2/t12-,13+,14+/m1/s1.